The first-order valence-corrected chi connectivity index (χ1v) is 11.4. The zero-order chi connectivity index (χ0) is 24.7. The second kappa shape index (κ2) is 11.5. The first-order chi connectivity index (χ1) is 16.3. The molecule has 0 saturated heterocycles. The molecular formula is C25H21ClN2O5S. The number of halogens is 1. The molecule has 1 atom stereocenters. The van der Waals surface area contributed by atoms with Gasteiger partial charge in [0.15, 0.2) is 21.6 Å². The first kappa shape index (κ1) is 25.0. The standard InChI is InChI=1S/C25H21ClN2O5S/c1-16-4-7-20(8-5-16)34(31)11-10-18-12-17(13-23(32-2)24(18)33-3)15-27-28-25(30)19-6-9-22(29)21(26)14-19/h4-9,12-15,29H,1-3H3,(H,28,30)/b27-15+. The van der Waals surface area contributed by atoms with E-state index in [1.165, 1.54) is 38.6 Å². The number of carbonyl (C=O) groups is 1. The van der Waals surface area contributed by atoms with Crippen LogP contribution in [0.1, 0.15) is 27.0 Å². The van der Waals surface area contributed by atoms with E-state index in [0.717, 1.165) is 5.56 Å². The number of phenols is 1. The second-order valence-electron chi connectivity index (χ2n) is 6.98. The van der Waals surface area contributed by atoms with Crippen molar-refractivity contribution in [1.82, 2.24) is 5.43 Å². The monoisotopic (exact) mass is 496 g/mol. The number of benzene rings is 3. The number of methoxy groups -OCH3 is 2. The van der Waals surface area contributed by atoms with Crippen LogP contribution in [0.5, 0.6) is 17.2 Å². The van der Waals surface area contributed by atoms with Gasteiger partial charge in [-0.2, -0.15) is 5.10 Å². The van der Waals surface area contributed by atoms with Crippen molar-refractivity contribution in [2.24, 2.45) is 5.10 Å². The quantitative estimate of drug-likeness (QED) is 0.230. The van der Waals surface area contributed by atoms with Crippen LogP contribution in [-0.2, 0) is 11.2 Å². The van der Waals surface area contributed by atoms with Crippen molar-refractivity contribution >= 4 is 34.9 Å². The number of aromatic hydroxyl groups is 1. The zero-order valence-corrected chi connectivity index (χ0v) is 20.2. The highest BCUT2D eigenvalue weighted by Crippen LogP contribution is 2.32. The molecule has 3 aromatic carbocycles. The number of rotatable bonds is 6. The molecule has 0 radical (unpaired) electrons. The van der Waals surface area contributed by atoms with Crippen molar-refractivity contribution in [1.29, 1.82) is 0 Å². The predicted octanol–water partition coefficient (Wildman–Crippen LogP) is 4.25. The number of aryl methyl sites for hydroxylation is 1. The number of ether oxygens (including phenoxy) is 2. The number of nitrogens with one attached hydrogen (secondary N) is 1. The maximum absolute atomic E-state index is 12.6. The molecule has 0 spiro atoms. The van der Waals surface area contributed by atoms with Crippen LogP contribution in [0.15, 0.2) is 64.6 Å². The molecule has 0 heterocycles. The van der Waals surface area contributed by atoms with Crippen LogP contribution in [0.2, 0.25) is 5.02 Å². The molecule has 0 aliphatic rings. The molecule has 3 rings (SSSR count). The smallest absolute Gasteiger partial charge is 0.271 e. The highest BCUT2D eigenvalue weighted by Gasteiger charge is 2.13. The molecular weight excluding hydrogens is 476 g/mol. The van der Waals surface area contributed by atoms with Gasteiger partial charge in [-0.15, -0.1) is 0 Å². The number of hydrazone groups is 1. The van der Waals surface area contributed by atoms with Gasteiger partial charge >= 0.3 is 0 Å². The van der Waals surface area contributed by atoms with Crippen LogP contribution in [-0.4, -0.2) is 36.0 Å². The molecule has 2 N–H and O–H groups in total. The predicted molar refractivity (Wildman–Crippen MR) is 132 cm³/mol. The molecule has 0 aliphatic carbocycles. The van der Waals surface area contributed by atoms with Crippen molar-refractivity contribution in [2.75, 3.05) is 14.2 Å². The number of hydrogen-bond donors (Lipinski definition) is 2. The third-order valence-corrected chi connectivity index (χ3v) is 5.89. The fraction of sp³-hybridized carbons (Fsp3) is 0.120. The second-order valence-corrected chi connectivity index (χ2v) is 8.60. The first-order valence-electron chi connectivity index (χ1n) is 9.90. The summed E-state index contributed by atoms with van der Waals surface area (Å²) < 4.78 is 23.4. The molecule has 9 heteroatoms. The van der Waals surface area contributed by atoms with Crippen LogP contribution >= 0.6 is 11.6 Å². The lowest BCUT2D eigenvalue weighted by atomic mass is 10.1. The highest BCUT2D eigenvalue weighted by atomic mass is 35.5. The summed E-state index contributed by atoms with van der Waals surface area (Å²) in [5.41, 5.74) is 4.69. The molecule has 1 amide bonds. The van der Waals surface area contributed by atoms with E-state index in [4.69, 9.17) is 21.1 Å². The van der Waals surface area contributed by atoms with Gasteiger partial charge < -0.3 is 19.1 Å². The van der Waals surface area contributed by atoms with E-state index in [1.807, 2.05) is 19.1 Å². The maximum atomic E-state index is 12.6. The Kier molecular flexibility index (Phi) is 8.44. The minimum atomic E-state index is -1.53. The SMILES string of the molecule is COc1cc(/C=N/NC(=O)c2ccc(O)c(Cl)c2)cc(C#C[S+]([O-])c2ccc(C)cc2)c1OC. The van der Waals surface area contributed by atoms with E-state index in [-0.39, 0.29) is 16.3 Å². The Morgan fingerprint density at radius 1 is 1.15 bits per heavy atom. The molecule has 1 unspecified atom stereocenters. The van der Waals surface area contributed by atoms with Gasteiger partial charge in [0.1, 0.15) is 5.75 Å². The Morgan fingerprint density at radius 3 is 2.53 bits per heavy atom. The van der Waals surface area contributed by atoms with Crippen molar-refractivity contribution in [3.8, 4) is 28.4 Å². The van der Waals surface area contributed by atoms with Crippen LogP contribution in [0.3, 0.4) is 0 Å². The lowest BCUT2D eigenvalue weighted by Crippen LogP contribution is -2.17. The number of amides is 1. The lowest BCUT2D eigenvalue weighted by Gasteiger charge is -2.10. The minimum Gasteiger partial charge on any atom is -0.599 e. The van der Waals surface area contributed by atoms with E-state index in [0.29, 0.717) is 27.5 Å². The zero-order valence-electron chi connectivity index (χ0n) is 18.6. The van der Waals surface area contributed by atoms with E-state index in [1.54, 1.807) is 24.3 Å². The van der Waals surface area contributed by atoms with E-state index in [2.05, 4.69) is 21.7 Å². The summed E-state index contributed by atoms with van der Waals surface area (Å²) in [5.74, 6) is 3.04. The number of phenolic OH excluding ortho intramolecular Hbond substituents is 1. The van der Waals surface area contributed by atoms with Crippen LogP contribution in [0, 0.1) is 18.1 Å². The van der Waals surface area contributed by atoms with Crippen molar-refractivity contribution < 1.29 is 23.9 Å². The van der Waals surface area contributed by atoms with Gasteiger partial charge in [0.05, 0.1) is 42.2 Å². The molecule has 0 aliphatic heterocycles. The maximum Gasteiger partial charge on any atom is 0.271 e. The van der Waals surface area contributed by atoms with E-state index in [9.17, 15) is 14.5 Å². The van der Waals surface area contributed by atoms with Gasteiger partial charge in [0.2, 0.25) is 0 Å². The van der Waals surface area contributed by atoms with Gasteiger partial charge in [0, 0.05) is 5.56 Å². The Balaban J connectivity index is 1.83. The fourth-order valence-electron chi connectivity index (χ4n) is 2.85. The van der Waals surface area contributed by atoms with Crippen molar-refractivity contribution in [3.63, 3.8) is 0 Å². The Labute approximate surface area is 205 Å². The van der Waals surface area contributed by atoms with Gasteiger partial charge in [-0.25, -0.2) is 5.43 Å². The van der Waals surface area contributed by atoms with Gasteiger partial charge in [-0.1, -0.05) is 29.3 Å². The average Bonchev–Trinajstić information content (AvgIpc) is 2.84. The topological polar surface area (TPSA) is 103 Å². The van der Waals surface area contributed by atoms with Crippen LogP contribution in [0.25, 0.3) is 0 Å². The molecule has 0 bridgehead atoms. The molecule has 0 fully saturated rings. The lowest BCUT2D eigenvalue weighted by molar-refractivity contribution is 0.0955. The molecule has 174 valence electrons. The molecule has 0 saturated carbocycles. The largest absolute Gasteiger partial charge is 0.599 e. The van der Waals surface area contributed by atoms with E-state index >= 15 is 0 Å². The number of nitrogens with zero attached hydrogens (tertiary/aromatic N) is 1. The van der Waals surface area contributed by atoms with Crippen LogP contribution in [0.4, 0.5) is 0 Å². The van der Waals surface area contributed by atoms with Gasteiger partial charge in [-0.3, -0.25) is 4.79 Å². The fourth-order valence-corrected chi connectivity index (χ4v) is 3.74. The molecule has 7 nitrogen and oxygen atoms in total. The molecule has 3 aromatic rings. The highest BCUT2D eigenvalue weighted by molar-refractivity contribution is 7.96. The van der Waals surface area contributed by atoms with Crippen molar-refractivity contribution in [2.45, 2.75) is 11.8 Å². The summed E-state index contributed by atoms with van der Waals surface area (Å²) in [6.07, 6.45) is 1.41. The summed E-state index contributed by atoms with van der Waals surface area (Å²) in [4.78, 5) is 12.9. The third-order valence-electron chi connectivity index (χ3n) is 4.60. The third kappa shape index (κ3) is 6.23. The summed E-state index contributed by atoms with van der Waals surface area (Å²) in [7, 11) is 2.97. The summed E-state index contributed by atoms with van der Waals surface area (Å²) in [5, 5.41) is 16.2. The number of carbonyl (C=O) groups excluding carboxylic acids is 1. The Morgan fingerprint density at radius 2 is 1.88 bits per heavy atom. The Hall–Kier alpha value is -3.64. The normalized spacial score (nSPS) is 11.4. The molecule has 0 aromatic heterocycles. The van der Waals surface area contributed by atoms with E-state index < -0.39 is 17.1 Å². The van der Waals surface area contributed by atoms with Crippen LogP contribution < -0.4 is 14.9 Å². The summed E-state index contributed by atoms with van der Waals surface area (Å²) in [6.45, 7) is 1.95. The average molecular weight is 497 g/mol. The Bertz CT molecular complexity index is 1280. The summed E-state index contributed by atoms with van der Waals surface area (Å²) in [6, 6.07) is 14.7. The van der Waals surface area contributed by atoms with Crippen molar-refractivity contribution in [3.05, 3.63) is 81.9 Å². The molecule has 34 heavy (non-hydrogen) atoms. The number of hydrogen-bond acceptors (Lipinski definition) is 6. The van der Waals surface area contributed by atoms with Gasteiger partial charge in [0.25, 0.3) is 5.91 Å². The minimum absolute atomic E-state index is 0.0581. The summed E-state index contributed by atoms with van der Waals surface area (Å²) >= 11 is 4.31. The van der Waals surface area contributed by atoms with Gasteiger partial charge in [-0.05, 0) is 60.9 Å².